The molecular weight excluding hydrogens is 523 g/mol. The van der Waals surface area contributed by atoms with Gasteiger partial charge in [-0.25, -0.2) is 17.8 Å². The van der Waals surface area contributed by atoms with E-state index in [1.54, 1.807) is 67.0 Å². The number of nitrogens with one attached hydrogen (secondary N) is 2. The minimum absolute atomic E-state index is 0.0266. The normalized spacial score (nSPS) is 15.0. The van der Waals surface area contributed by atoms with Crippen molar-refractivity contribution in [3.05, 3.63) is 89.0 Å². The number of halogens is 1. The highest BCUT2D eigenvalue weighted by Crippen LogP contribution is 2.25. The highest BCUT2D eigenvalue weighted by Gasteiger charge is 2.30. The molecule has 1 aliphatic rings. The summed E-state index contributed by atoms with van der Waals surface area (Å²) in [5.74, 6) is 0.572. The third-order valence-corrected chi connectivity index (χ3v) is 9.27. The molecule has 8 nitrogen and oxygen atoms in total. The Morgan fingerprint density at radius 1 is 1.00 bits per heavy atom. The zero-order chi connectivity index (χ0) is 26.5. The number of thiophene rings is 1. The first-order valence-corrected chi connectivity index (χ1v) is 14.7. The molecule has 1 aliphatic heterocycles. The maximum absolute atomic E-state index is 13.3. The summed E-state index contributed by atoms with van der Waals surface area (Å²) >= 11 is 1.70. The van der Waals surface area contributed by atoms with Gasteiger partial charge < -0.3 is 10.6 Å². The Hall–Kier alpha value is -3.38. The summed E-state index contributed by atoms with van der Waals surface area (Å²) in [5.41, 5.74) is 2.67. The number of piperidine rings is 1. The van der Waals surface area contributed by atoms with E-state index in [0.29, 0.717) is 23.1 Å². The lowest BCUT2D eigenvalue weighted by molar-refractivity contribution is 0.164. The molecule has 1 fully saturated rings. The van der Waals surface area contributed by atoms with Gasteiger partial charge in [-0.15, -0.1) is 0 Å². The second-order valence-electron chi connectivity index (χ2n) is 9.21. The molecular formula is C27H29FN6O2S2. The average Bonchev–Trinajstić information content (AvgIpc) is 3.44. The number of hydrogen-bond donors (Lipinski definition) is 2. The van der Waals surface area contributed by atoms with Crippen molar-refractivity contribution >= 4 is 44.5 Å². The van der Waals surface area contributed by atoms with E-state index in [-0.39, 0.29) is 16.8 Å². The van der Waals surface area contributed by atoms with Crippen LogP contribution in [-0.4, -0.2) is 53.8 Å². The fourth-order valence-corrected chi connectivity index (χ4v) is 6.53. The Morgan fingerprint density at radius 3 is 2.37 bits per heavy atom. The van der Waals surface area contributed by atoms with E-state index in [0.717, 1.165) is 32.5 Å². The van der Waals surface area contributed by atoms with Gasteiger partial charge in [-0.05, 0) is 89.8 Å². The van der Waals surface area contributed by atoms with Crippen molar-refractivity contribution in [2.45, 2.75) is 30.3 Å². The van der Waals surface area contributed by atoms with Gasteiger partial charge in [-0.2, -0.15) is 20.6 Å². The fourth-order valence-electron chi connectivity index (χ4n) is 4.45. The average molecular weight is 553 g/mol. The number of rotatable bonds is 9. The van der Waals surface area contributed by atoms with Crippen LogP contribution in [0.15, 0.2) is 82.5 Å². The predicted octanol–water partition coefficient (Wildman–Crippen LogP) is 5.45. The van der Waals surface area contributed by atoms with Crippen molar-refractivity contribution in [3.8, 4) is 0 Å². The highest BCUT2D eigenvalue weighted by molar-refractivity contribution is 7.89. The van der Waals surface area contributed by atoms with Crippen molar-refractivity contribution in [1.29, 1.82) is 0 Å². The first-order valence-electron chi connectivity index (χ1n) is 12.3. The standard InChI is InChI=1S/C27H29FN6O2S2/c1-33(24-11-15-34(16-12-24)18-20-13-17-37-19-20)38(35,36)25-8-6-23(7-9-25)31-27-29-14-10-26(32-27)30-22-4-2-21(28)3-5-22/h2-10,13-14,17,19,24H,11-12,15-16,18H2,1H3,(H2,29,30,31,32). The Bertz CT molecular complexity index is 1440. The first-order chi connectivity index (χ1) is 18.4. The Kier molecular flexibility index (Phi) is 7.98. The molecule has 1 saturated heterocycles. The molecule has 0 bridgehead atoms. The van der Waals surface area contributed by atoms with Gasteiger partial charge in [0.1, 0.15) is 11.6 Å². The van der Waals surface area contributed by atoms with E-state index in [4.69, 9.17) is 0 Å². The van der Waals surface area contributed by atoms with Crippen molar-refractivity contribution in [2.24, 2.45) is 0 Å². The van der Waals surface area contributed by atoms with Gasteiger partial charge in [0.2, 0.25) is 16.0 Å². The molecule has 3 heterocycles. The van der Waals surface area contributed by atoms with E-state index in [1.807, 2.05) is 0 Å². The second-order valence-corrected chi connectivity index (χ2v) is 12.0. The summed E-state index contributed by atoms with van der Waals surface area (Å²) in [6.07, 6.45) is 3.21. The number of nitrogens with zero attached hydrogens (tertiary/aromatic N) is 4. The number of aromatic nitrogens is 2. The molecule has 38 heavy (non-hydrogen) atoms. The molecule has 0 spiro atoms. The summed E-state index contributed by atoms with van der Waals surface area (Å²) in [4.78, 5) is 11.3. The molecule has 2 aromatic heterocycles. The van der Waals surface area contributed by atoms with Crippen LogP contribution in [0.25, 0.3) is 0 Å². The Morgan fingerprint density at radius 2 is 1.68 bits per heavy atom. The fraction of sp³-hybridized carbons (Fsp3) is 0.259. The molecule has 0 atom stereocenters. The van der Waals surface area contributed by atoms with Crippen molar-refractivity contribution in [1.82, 2.24) is 19.2 Å². The molecule has 198 valence electrons. The third-order valence-electron chi connectivity index (χ3n) is 6.62. The van der Waals surface area contributed by atoms with Crippen molar-refractivity contribution in [3.63, 3.8) is 0 Å². The maximum atomic E-state index is 13.3. The number of benzene rings is 2. The molecule has 0 saturated carbocycles. The molecule has 0 unspecified atom stereocenters. The van der Waals surface area contributed by atoms with Crippen LogP contribution in [0.3, 0.4) is 0 Å². The monoisotopic (exact) mass is 552 g/mol. The minimum Gasteiger partial charge on any atom is -0.340 e. The smallest absolute Gasteiger partial charge is 0.243 e. The van der Waals surface area contributed by atoms with Crippen LogP contribution in [-0.2, 0) is 16.6 Å². The van der Waals surface area contributed by atoms with E-state index >= 15 is 0 Å². The van der Waals surface area contributed by atoms with Crippen LogP contribution >= 0.6 is 11.3 Å². The zero-order valence-corrected chi connectivity index (χ0v) is 22.6. The van der Waals surface area contributed by atoms with Crippen LogP contribution in [0.5, 0.6) is 0 Å². The topological polar surface area (TPSA) is 90.5 Å². The second kappa shape index (κ2) is 11.6. The van der Waals surface area contributed by atoms with Crippen LogP contribution in [0.1, 0.15) is 18.4 Å². The van der Waals surface area contributed by atoms with Crippen molar-refractivity contribution in [2.75, 3.05) is 30.8 Å². The van der Waals surface area contributed by atoms with E-state index in [2.05, 4.69) is 42.3 Å². The van der Waals surface area contributed by atoms with E-state index in [1.165, 1.54) is 22.0 Å². The van der Waals surface area contributed by atoms with Gasteiger partial charge in [0.05, 0.1) is 4.90 Å². The molecule has 2 N–H and O–H groups in total. The number of anilines is 4. The van der Waals surface area contributed by atoms with Gasteiger partial charge in [0, 0.05) is 50.3 Å². The van der Waals surface area contributed by atoms with E-state index in [9.17, 15) is 12.8 Å². The predicted molar refractivity (Wildman–Crippen MR) is 149 cm³/mol. The SMILES string of the molecule is CN(C1CCN(Cc2ccsc2)CC1)S(=O)(=O)c1ccc(Nc2nccc(Nc3ccc(F)cc3)n2)cc1. The number of likely N-dealkylation sites (tertiary alicyclic amines) is 1. The van der Waals surface area contributed by atoms with Gasteiger partial charge in [0.15, 0.2) is 0 Å². The number of sulfonamides is 1. The summed E-state index contributed by atoms with van der Waals surface area (Å²) in [6, 6.07) is 16.4. The highest BCUT2D eigenvalue weighted by atomic mass is 32.2. The molecule has 2 aromatic carbocycles. The molecule has 11 heteroatoms. The zero-order valence-electron chi connectivity index (χ0n) is 20.9. The Balaban J connectivity index is 1.19. The van der Waals surface area contributed by atoms with Crippen molar-refractivity contribution < 1.29 is 12.8 Å². The van der Waals surface area contributed by atoms with Crippen LogP contribution in [0.4, 0.5) is 27.5 Å². The molecule has 5 rings (SSSR count). The summed E-state index contributed by atoms with van der Waals surface area (Å²) < 4.78 is 41.3. The summed E-state index contributed by atoms with van der Waals surface area (Å²) in [7, 11) is -1.94. The van der Waals surface area contributed by atoms with Gasteiger partial charge in [-0.1, -0.05) is 0 Å². The third kappa shape index (κ3) is 6.36. The Labute approximate surface area is 226 Å². The van der Waals surface area contributed by atoms with Crippen LogP contribution < -0.4 is 10.6 Å². The molecule has 0 radical (unpaired) electrons. The quantitative estimate of drug-likeness (QED) is 0.285. The van der Waals surface area contributed by atoms with Crippen LogP contribution in [0, 0.1) is 5.82 Å². The first kappa shape index (κ1) is 26.2. The molecule has 0 amide bonds. The largest absolute Gasteiger partial charge is 0.340 e. The van der Waals surface area contributed by atoms with Gasteiger partial charge in [-0.3, -0.25) is 4.90 Å². The lowest BCUT2D eigenvalue weighted by Crippen LogP contribution is -2.45. The summed E-state index contributed by atoms with van der Waals surface area (Å²) in [5, 5.41) is 10.4. The maximum Gasteiger partial charge on any atom is 0.243 e. The molecule has 0 aliphatic carbocycles. The molecule has 4 aromatic rings. The minimum atomic E-state index is -3.62. The lowest BCUT2D eigenvalue weighted by Gasteiger charge is -2.36. The van der Waals surface area contributed by atoms with Crippen LogP contribution in [0.2, 0.25) is 0 Å². The van der Waals surface area contributed by atoms with E-state index < -0.39 is 10.0 Å². The summed E-state index contributed by atoms with van der Waals surface area (Å²) in [6.45, 7) is 2.66. The van der Waals surface area contributed by atoms with Gasteiger partial charge >= 0.3 is 0 Å². The number of hydrogen-bond acceptors (Lipinski definition) is 8. The lowest BCUT2D eigenvalue weighted by atomic mass is 10.1. The van der Waals surface area contributed by atoms with Gasteiger partial charge in [0.25, 0.3) is 0 Å².